The van der Waals surface area contributed by atoms with Gasteiger partial charge in [0.2, 0.25) is 0 Å². The van der Waals surface area contributed by atoms with E-state index in [0.717, 1.165) is 0 Å². The second kappa shape index (κ2) is 4.58. The van der Waals surface area contributed by atoms with Gasteiger partial charge in [0.15, 0.2) is 0 Å². The Balaban J connectivity index is 4.20. The molecule has 0 aliphatic heterocycles. The van der Waals surface area contributed by atoms with E-state index in [1.165, 1.54) is 0 Å². The number of carboxylic acids is 1. The van der Waals surface area contributed by atoms with Crippen LogP contribution in [0.4, 0.5) is 0 Å². The number of aliphatic hydroxyl groups excluding tert-OH is 1. The maximum atomic E-state index is 10.8. The summed E-state index contributed by atoms with van der Waals surface area (Å²) in [5, 5.41) is 20.7. The van der Waals surface area contributed by atoms with E-state index in [9.17, 15) is 4.79 Å². The first-order chi connectivity index (χ1) is 5.75. The van der Waals surface area contributed by atoms with Gasteiger partial charge in [-0.15, -0.1) is 0 Å². The largest absolute Gasteiger partial charge is 0.480 e. The third-order valence-electron chi connectivity index (χ3n) is 1.73. The number of carboxylic acid groups (broad SMARTS) is 1. The molecule has 4 heteroatoms. The van der Waals surface area contributed by atoms with Crippen molar-refractivity contribution in [2.24, 2.45) is 5.41 Å². The van der Waals surface area contributed by atoms with E-state index < -0.39 is 18.1 Å². The molecule has 0 amide bonds. The number of carbonyl (C=O) groups is 1. The Labute approximate surface area is 79.0 Å². The topological polar surface area (TPSA) is 69.6 Å². The summed E-state index contributed by atoms with van der Waals surface area (Å²) in [4.78, 5) is 10.8. The fourth-order valence-corrected chi connectivity index (χ4v) is 1.05. The summed E-state index contributed by atoms with van der Waals surface area (Å²) in [6.07, 6.45) is -0.524. The van der Waals surface area contributed by atoms with Crippen molar-refractivity contribution in [2.45, 2.75) is 39.8 Å². The monoisotopic (exact) mass is 189 g/mol. The van der Waals surface area contributed by atoms with Gasteiger partial charge in [-0.3, -0.25) is 4.79 Å². The minimum Gasteiger partial charge on any atom is -0.480 e. The molecule has 0 fully saturated rings. The third-order valence-corrected chi connectivity index (χ3v) is 1.73. The van der Waals surface area contributed by atoms with Crippen molar-refractivity contribution in [3.05, 3.63) is 0 Å². The molecule has 0 bridgehead atoms. The van der Waals surface area contributed by atoms with Gasteiger partial charge >= 0.3 is 5.97 Å². The SMILES string of the molecule is CC(O)CNC(C(=O)O)C(C)(C)C. The Morgan fingerprint density at radius 3 is 2.15 bits per heavy atom. The molecule has 4 nitrogen and oxygen atoms in total. The van der Waals surface area contributed by atoms with E-state index in [-0.39, 0.29) is 5.41 Å². The van der Waals surface area contributed by atoms with Crippen molar-refractivity contribution in [3.63, 3.8) is 0 Å². The van der Waals surface area contributed by atoms with Crippen LogP contribution in [0.5, 0.6) is 0 Å². The average molecular weight is 189 g/mol. The molecule has 0 aliphatic rings. The molecule has 13 heavy (non-hydrogen) atoms. The molecule has 0 heterocycles. The van der Waals surface area contributed by atoms with E-state index in [1.807, 2.05) is 20.8 Å². The highest BCUT2D eigenvalue weighted by Gasteiger charge is 2.30. The van der Waals surface area contributed by atoms with Gasteiger partial charge in [-0.1, -0.05) is 20.8 Å². The van der Waals surface area contributed by atoms with Gasteiger partial charge in [0, 0.05) is 6.54 Å². The minimum absolute atomic E-state index is 0.300. The highest BCUT2D eigenvalue weighted by atomic mass is 16.4. The fourth-order valence-electron chi connectivity index (χ4n) is 1.05. The number of aliphatic hydroxyl groups is 1. The van der Waals surface area contributed by atoms with E-state index in [0.29, 0.717) is 6.54 Å². The van der Waals surface area contributed by atoms with Crippen LogP contribution < -0.4 is 5.32 Å². The number of aliphatic carboxylic acids is 1. The van der Waals surface area contributed by atoms with Crippen LogP contribution in [0, 0.1) is 5.41 Å². The fraction of sp³-hybridized carbons (Fsp3) is 0.889. The molecule has 78 valence electrons. The zero-order valence-electron chi connectivity index (χ0n) is 8.66. The number of hydrogen-bond acceptors (Lipinski definition) is 3. The van der Waals surface area contributed by atoms with Crippen LogP contribution in [0.15, 0.2) is 0 Å². The van der Waals surface area contributed by atoms with Crippen LogP contribution in [0.3, 0.4) is 0 Å². The van der Waals surface area contributed by atoms with Gasteiger partial charge in [-0.2, -0.15) is 0 Å². The third kappa shape index (κ3) is 4.85. The summed E-state index contributed by atoms with van der Waals surface area (Å²) < 4.78 is 0. The number of nitrogens with one attached hydrogen (secondary N) is 1. The Kier molecular flexibility index (Phi) is 4.36. The van der Waals surface area contributed by atoms with Crippen LogP contribution in [-0.2, 0) is 4.79 Å². The predicted molar refractivity (Wildman–Crippen MR) is 50.6 cm³/mol. The van der Waals surface area contributed by atoms with Gasteiger partial charge in [-0.25, -0.2) is 0 Å². The molecule has 0 aliphatic carbocycles. The lowest BCUT2D eigenvalue weighted by Gasteiger charge is -2.28. The van der Waals surface area contributed by atoms with Crippen molar-refractivity contribution < 1.29 is 15.0 Å². The lowest BCUT2D eigenvalue weighted by molar-refractivity contribution is -0.142. The normalized spacial score (nSPS) is 16.7. The average Bonchev–Trinajstić information content (AvgIpc) is 1.81. The maximum absolute atomic E-state index is 10.8. The second-order valence-electron chi connectivity index (χ2n) is 4.39. The Hall–Kier alpha value is -0.610. The first kappa shape index (κ1) is 12.4. The van der Waals surface area contributed by atoms with E-state index >= 15 is 0 Å². The molecular weight excluding hydrogens is 170 g/mol. The Morgan fingerprint density at radius 2 is 1.92 bits per heavy atom. The molecular formula is C9H19NO3. The molecule has 0 aromatic carbocycles. The first-order valence-electron chi connectivity index (χ1n) is 4.39. The van der Waals surface area contributed by atoms with Crippen molar-refractivity contribution in [2.75, 3.05) is 6.54 Å². The summed E-state index contributed by atoms with van der Waals surface area (Å²) in [6.45, 7) is 7.46. The van der Waals surface area contributed by atoms with Crippen molar-refractivity contribution >= 4 is 5.97 Å². The Bertz CT molecular complexity index is 172. The van der Waals surface area contributed by atoms with Crippen LogP contribution in [0.2, 0.25) is 0 Å². The van der Waals surface area contributed by atoms with Gasteiger partial charge in [0.1, 0.15) is 6.04 Å². The number of rotatable bonds is 4. The summed E-state index contributed by atoms with van der Waals surface area (Å²) in [5.74, 6) is -0.881. The van der Waals surface area contributed by atoms with Gasteiger partial charge in [-0.05, 0) is 12.3 Å². The summed E-state index contributed by atoms with van der Waals surface area (Å²) >= 11 is 0. The smallest absolute Gasteiger partial charge is 0.321 e. The van der Waals surface area contributed by atoms with E-state index in [1.54, 1.807) is 6.92 Å². The second-order valence-corrected chi connectivity index (χ2v) is 4.39. The van der Waals surface area contributed by atoms with Crippen LogP contribution >= 0.6 is 0 Å². The maximum Gasteiger partial charge on any atom is 0.321 e. The molecule has 0 aromatic heterocycles. The summed E-state index contributed by atoms with van der Waals surface area (Å²) in [5.41, 5.74) is -0.347. The van der Waals surface area contributed by atoms with Crippen molar-refractivity contribution in [3.8, 4) is 0 Å². The molecule has 0 aromatic rings. The molecule has 0 radical (unpaired) electrons. The molecule has 3 N–H and O–H groups in total. The quantitative estimate of drug-likeness (QED) is 0.601. The molecule has 0 rings (SSSR count). The highest BCUT2D eigenvalue weighted by molar-refractivity contribution is 5.74. The summed E-state index contributed by atoms with van der Waals surface area (Å²) in [6, 6.07) is -0.623. The summed E-state index contributed by atoms with van der Waals surface area (Å²) in [7, 11) is 0. The van der Waals surface area contributed by atoms with E-state index in [4.69, 9.17) is 10.2 Å². The molecule has 0 saturated carbocycles. The minimum atomic E-state index is -0.881. The molecule has 0 spiro atoms. The van der Waals surface area contributed by atoms with Gasteiger partial charge in [0.05, 0.1) is 6.10 Å². The highest BCUT2D eigenvalue weighted by Crippen LogP contribution is 2.19. The Morgan fingerprint density at radius 1 is 1.46 bits per heavy atom. The zero-order chi connectivity index (χ0) is 10.6. The van der Waals surface area contributed by atoms with Crippen LogP contribution in [0.1, 0.15) is 27.7 Å². The van der Waals surface area contributed by atoms with Crippen LogP contribution in [-0.4, -0.2) is 34.9 Å². The zero-order valence-corrected chi connectivity index (χ0v) is 8.66. The van der Waals surface area contributed by atoms with Crippen molar-refractivity contribution in [1.29, 1.82) is 0 Å². The molecule has 0 saturated heterocycles. The van der Waals surface area contributed by atoms with Gasteiger partial charge in [0.25, 0.3) is 0 Å². The lowest BCUT2D eigenvalue weighted by atomic mass is 9.87. The molecule has 2 atom stereocenters. The van der Waals surface area contributed by atoms with Crippen molar-refractivity contribution in [1.82, 2.24) is 5.32 Å². The molecule has 2 unspecified atom stereocenters. The standard InChI is InChI=1S/C9H19NO3/c1-6(11)5-10-7(8(12)13)9(2,3)4/h6-7,10-11H,5H2,1-4H3,(H,12,13). The lowest BCUT2D eigenvalue weighted by Crippen LogP contribution is -2.48. The predicted octanol–water partition coefficient (Wildman–Crippen LogP) is 0.456. The van der Waals surface area contributed by atoms with Gasteiger partial charge < -0.3 is 15.5 Å². The van der Waals surface area contributed by atoms with Crippen LogP contribution in [0.25, 0.3) is 0 Å². The number of hydrogen-bond donors (Lipinski definition) is 3. The first-order valence-corrected chi connectivity index (χ1v) is 4.39. The van der Waals surface area contributed by atoms with E-state index in [2.05, 4.69) is 5.32 Å².